The van der Waals surface area contributed by atoms with Crippen LogP contribution < -0.4 is 0 Å². The molecule has 3 aliphatic rings. The molecule has 3 aliphatic heterocycles. The molecule has 0 aromatic carbocycles. The number of amides is 3. The van der Waals surface area contributed by atoms with Crippen molar-refractivity contribution in [3.05, 3.63) is 24.2 Å². The molecule has 27 heavy (non-hydrogen) atoms. The Bertz CT molecular complexity index is 751. The molecule has 0 aliphatic carbocycles. The summed E-state index contributed by atoms with van der Waals surface area (Å²) in [4.78, 5) is 43.6. The molecule has 0 radical (unpaired) electrons. The molecule has 7 nitrogen and oxygen atoms in total. The molecule has 1 atom stereocenters. The van der Waals surface area contributed by atoms with Crippen molar-refractivity contribution in [1.29, 1.82) is 0 Å². The van der Waals surface area contributed by atoms with Crippen molar-refractivity contribution in [3.63, 3.8) is 0 Å². The van der Waals surface area contributed by atoms with Gasteiger partial charge in [-0.3, -0.25) is 14.4 Å². The van der Waals surface area contributed by atoms with Crippen LogP contribution in [0.15, 0.2) is 22.8 Å². The van der Waals surface area contributed by atoms with Crippen molar-refractivity contribution in [1.82, 2.24) is 14.7 Å². The standard InChI is InChI=1S/C20H27N3O4/c1-3-21-11-8-20(18(21)26)14-23(15(2)24)13-19(20)6-9-22(10-7-19)17(25)16-5-4-12-27-16/h4-5,12H,3,6-11,13-14H2,1-2H3/t20-/m0/s1. The molecular formula is C20H27N3O4. The fourth-order valence-electron chi connectivity index (χ4n) is 5.40. The normalized spacial score (nSPS) is 27.2. The van der Waals surface area contributed by atoms with Crippen molar-refractivity contribution >= 4 is 17.7 Å². The van der Waals surface area contributed by atoms with E-state index < -0.39 is 5.41 Å². The topological polar surface area (TPSA) is 74.1 Å². The largest absolute Gasteiger partial charge is 0.459 e. The fraction of sp³-hybridized carbons (Fsp3) is 0.650. The van der Waals surface area contributed by atoms with Crippen molar-refractivity contribution in [2.45, 2.75) is 33.1 Å². The second-order valence-electron chi connectivity index (χ2n) is 8.14. The van der Waals surface area contributed by atoms with E-state index in [-0.39, 0.29) is 23.1 Å². The zero-order chi connectivity index (χ0) is 19.2. The van der Waals surface area contributed by atoms with Crippen LogP contribution in [0.4, 0.5) is 0 Å². The summed E-state index contributed by atoms with van der Waals surface area (Å²) in [5, 5.41) is 0. The van der Waals surface area contributed by atoms with Crippen LogP contribution in [0.5, 0.6) is 0 Å². The van der Waals surface area contributed by atoms with E-state index in [4.69, 9.17) is 4.42 Å². The van der Waals surface area contributed by atoms with E-state index in [0.29, 0.717) is 38.5 Å². The maximum atomic E-state index is 13.3. The smallest absolute Gasteiger partial charge is 0.289 e. The lowest BCUT2D eigenvalue weighted by molar-refractivity contribution is -0.141. The van der Waals surface area contributed by atoms with E-state index in [0.717, 1.165) is 25.8 Å². The molecule has 4 heterocycles. The quantitative estimate of drug-likeness (QED) is 0.789. The third kappa shape index (κ3) is 2.58. The first-order valence-electron chi connectivity index (χ1n) is 9.80. The zero-order valence-electron chi connectivity index (χ0n) is 16.1. The first kappa shape index (κ1) is 18.1. The Labute approximate surface area is 159 Å². The number of carbonyl (C=O) groups is 3. The van der Waals surface area contributed by atoms with Crippen LogP contribution in [0.3, 0.4) is 0 Å². The Balaban J connectivity index is 1.58. The maximum Gasteiger partial charge on any atom is 0.289 e. The molecular weight excluding hydrogens is 346 g/mol. The van der Waals surface area contributed by atoms with Crippen molar-refractivity contribution in [2.75, 3.05) is 39.3 Å². The summed E-state index contributed by atoms with van der Waals surface area (Å²) in [5.74, 6) is 0.479. The highest BCUT2D eigenvalue weighted by Gasteiger charge is 2.65. The fourth-order valence-corrected chi connectivity index (χ4v) is 5.40. The minimum absolute atomic E-state index is 0.0306. The third-order valence-electron chi connectivity index (χ3n) is 7.04. The molecule has 0 bridgehead atoms. The highest BCUT2D eigenvalue weighted by Crippen LogP contribution is 2.57. The molecule has 7 heteroatoms. The highest BCUT2D eigenvalue weighted by atomic mass is 16.3. The third-order valence-corrected chi connectivity index (χ3v) is 7.04. The van der Waals surface area contributed by atoms with Gasteiger partial charge in [0.25, 0.3) is 5.91 Å². The van der Waals surface area contributed by atoms with E-state index in [1.165, 1.54) is 6.26 Å². The molecule has 3 saturated heterocycles. The summed E-state index contributed by atoms with van der Waals surface area (Å²) in [5.41, 5.74) is -0.728. The molecule has 0 N–H and O–H groups in total. The number of furan rings is 1. The molecule has 0 unspecified atom stereocenters. The minimum Gasteiger partial charge on any atom is -0.459 e. The lowest BCUT2D eigenvalue weighted by atomic mass is 9.60. The first-order valence-corrected chi connectivity index (χ1v) is 9.80. The van der Waals surface area contributed by atoms with Gasteiger partial charge < -0.3 is 19.1 Å². The van der Waals surface area contributed by atoms with Gasteiger partial charge in [-0.25, -0.2) is 0 Å². The highest BCUT2D eigenvalue weighted by molar-refractivity contribution is 5.92. The van der Waals surface area contributed by atoms with Crippen LogP contribution in [0.1, 0.15) is 43.7 Å². The lowest BCUT2D eigenvalue weighted by Crippen LogP contribution is -2.53. The summed E-state index contributed by atoms with van der Waals surface area (Å²) in [6, 6.07) is 3.40. The van der Waals surface area contributed by atoms with Crippen LogP contribution in [-0.2, 0) is 9.59 Å². The molecule has 4 rings (SSSR count). The van der Waals surface area contributed by atoms with E-state index in [2.05, 4.69) is 0 Å². The summed E-state index contributed by atoms with van der Waals surface area (Å²) in [6.07, 6.45) is 3.79. The summed E-state index contributed by atoms with van der Waals surface area (Å²) < 4.78 is 5.25. The van der Waals surface area contributed by atoms with Crippen molar-refractivity contribution in [2.24, 2.45) is 10.8 Å². The Hall–Kier alpha value is -2.31. The van der Waals surface area contributed by atoms with Gasteiger partial charge in [-0.2, -0.15) is 0 Å². The Morgan fingerprint density at radius 1 is 1.11 bits per heavy atom. The summed E-state index contributed by atoms with van der Waals surface area (Å²) in [7, 11) is 0. The van der Waals surface area contributed by atoms with Crippen molar-refractivity contribution in [3.8, 4) is 0 Å². The molecule has 146 valence electrons. The van der Waals surface area contributed by atoms with Gasteiger partial charge >= 0.3 is 0 Å². The Morgan fingerprint density at radius 2 is 1.85 bits per heavy atom. The van der Waals surface area contributed by atoms with Gasteiger partial charge in [0, 0.05) is 51.6 Å². The number of rotatable bonds is 2. The first-order chi connectivity index (χ1) is 12.9. The van der Waals surface area contributed by atoms with E-state index >= 15 is 0 Å². The SMILES string of the molecule is CCN1CC[C@]2(CN(C(C)=O)CC23CCN(C(=O)c2ccco2)CC3)C1=O. The molecule has 1 aromatic rings. The van der Waals surface area contributed by atoms with Crippen LogP contribution in [-0.4, -0.2) is 71.7 Å². The van der Waals surface area contributed by atoms with Gasteiger partial charge in [-0.05, 0) is 38.3 Å². The molecule has 3 amide bonds. The number of piperidine rings is 1. The summed E-state index contributed by atoms with van der Waals surface area (Å²) >= 11 is 0. The number of fused-ring (bicyclic) bond motifs is 1. The average Bonchev–Trinajstić information content (AvgIpc) is 3.37. The van der Waals surface area contributed by atoms with Gasteiger partial charge in [0.2, 0.25) is 11.8 Å². The van der Waals surface area contributed by atoms with Crippen LogP contribution in [0.25, 0.3) is 0 Å². The summed E-state index contributed by atoms with van der Waals surface area (Å²) in [6.45, 7) is 7.38. The Kier molecular flexibility index (Phi) is 4.28. The van der Waals surface area contributed by atoms with E-state index in [1.807, 2.05) is 21.6 Å². The maximum absolute atomic E-state index is 13.3. The van der Waals surface area contributed by atoms with Gasteiger partial charge in [-0.15, -0.1) is 0 Å². The molecule has 2 spiro atoms. The molecule has 1 aromatic heterocycles. The average molecular weight is 373 g/mol. The number of likely N-dealkylation sites (tertiary alicyclic amines) is 3. The monoisotopic (exact) mass is 373 g/mol. The number of carbonyl (C=O) groups excluding carboxylic acids is 3. The zero-order valence-corrected chi connectivity index (χ0v) is 16.1. The Morgan fingerprint density at radius 3 is 2.41 bits per heavy atom. The van der Waals surface area contributed by atoms with Gasteiger partial charge in [0.15, 0.2) is 5.76 Å². The van der Waals surface area contributed by atoms with Gasteiger partial charge in [-0.1, -0.05) is 0 Å². The van der Waals surface area contributed by atoms with Gasteiger partial charge in [0.05, 0.1) is 11.7 Å². The second-order valence-corrected chi connectivity index (χ2v) is 8.14. The van der Waals surface area contributed by atoms with Crippen molar-refractivity contribution < 1.29 is 18.8 Å². The van der Waals surface area contributed by atoms with Crippen LogP contribution in [0.2, 0.25) is 0 Å². The predicted molar refractivity (Wildman–Crippen MR) is 97.8 cm³/mol. The van der Waals surface area contributed by atoms with Crippen LogP contribution >= 0.6 is 0 Å². The predicted octanol–water partition coefficient (Wildman–Crippen LogP) is 1.60. The molecule has 3 fully saturated rings. The van der Waals surface area contributed by atoms with E-state index in [1.54, 1.807) is 19.1 Å². The van der Waals surface area contributed by atoms with Gasteiger partial charge in [0.1, 0.15) is 0 Å². The van der Waals surface area contributed by atoms with Crippen LogP contribution in [0, 0.1) is 10.8 Å². The number of hydrogen-bond acceptors (Lipinski definition) is 4. The van der Waals surface area contributed by atoms with E-state index in [9.17, 15) is 14.4 Å². The second kappa shape index (κ2) is 6.39. The molecule has 0 saturated carbocycles. The number of hydrogen-bond donors (Lipinski definition) is 0. The minimum atomic E-state index is -0.492. The lowest BCUT2D eigenvalue weighted by Gasteiger charge is -2.46. The number of nitrogens with zero attached hydrogens (tertiary/aromatic N) is 3.